The van der Waals surface area contributed by atoms with E-state index in [1.165, 1.54) is 30.3 Å². The van der Waals surface area contributed by atoms with E-state index in [4.69, 9.17) is 0 Å². The first-order chi connectivity index (χ1) is 11.5. The van der Waals surface area contributed by atoms with Crippen molar-refractivity contribution < 1.29 is 18.7 Å². The summed E-state index contributed by atoms with van der Waals surface area (Å²) in [5.41, 5.74) is 0.891. The number of hydrogen-bond donors (Lipinski definition) is 3. The largest absolute Gasteiger partial charge is 0.388 e. The molecule has 0 saturated heterocycles. The number of amides is 1. The maximum absolute atomic E-state index is 14.0. The van der Waals surface area contributed by atoms with E-state index < -0.39 is 23.6 Å². The lowest BCUT2D eigenvalue weighted by Gasteiger charge is -2.15. The molecule has 2 aromatic carbocycles. The minimum Gasteiger partial charge on any atom is -0.388 e. The van der Waals surface area contributed by atoms with Gasteiger partial charge in [0.15, 0.2) is 0 Å². The lowest BCUT2D eigenvalue weighted by Crippen LogP contribution is -2.18. The topological polar surface area (TPSA) is 61.4 Å². The van der Waals surface area contributed by atoms with Crippen LogP contribution in [0.25, 0.3) is 0 Å². The molecule has 4 nitrogen and oxygen atoms in total. The van der Waals surface area contributed by atoms with Crippen LogP contribution in [0.15, 0.2) is 42.5 Å². The number of benzene rings is 2. The monoisotopic (exact) mass is 332 g/mol. The Morgan fingerprint density at radius 1 is 1.21 bits per heavy atom. The highest BCUT2D eigenvalue weighted by Gasteiger charge is 2.23. The zero-order valence-corrected chi connectivity index (χ0v) is 12.9. The third kappa shape index (κ3) is 4.08. The number of aliphatic hydroxyl groups excluding tert-OH is 1. The average molecular weight is 332 g/mol. The number of nitrogens with one attached hydrogen (secondary N) is 2. The molecule has 0 aliphatic heterocycles. The van der Waals surface area contributed by atoms with Crippen LogP contribution in [0.1, 0.15) is 30.9 Å². The highest BCUT2D eigenvalue weighted by molar-refractivity contribution is 5.94. The average Bonchev–Trinajstić information content (AvgIpc) is 3.35. The van der Waals surface area contributed by atoms with Gasteiger partial charge in [0, 0.05) is 6.04 Å². The van der Waals surface area contributed by atoms with Crippen molar-refractivity contribution in [3.8, 4) is 0 Å². The SMILES string of the molecule is O=C(CC(O)c1cccc(F)c1)Nc1c(F)cccc1NC1CC1. The number of halogens is 2. The minimum absolute atomic E-state index is 0.0702. The second kappa shape index (κ2) is 6.97. The van der Waals surface area contributed by atoms with E-state index in [2.05, 4.69) is 10.6 Å². The summed E-state index contributed by atoms with van der Waals surface area (Å²) < 4.78 is 27.2. The summed E-state index contributed by atoms with van der Waals surface area (Å²) in [7, 11) is 0. The predicted molar refractivity (Wildman–Crippen MR) is 87.7 cm³/mol. The molecule has 126 valence electrons. The molecular weight excluding hydrogens is 314 g/mol. The molecule has 6 heteroatoms. The molecule has 1 amide bonds. The third-order valence-electron chi connectivity index (χ3n) is 3.83. The second-order valence-electron chi connectivity index (χ2n) is 5.90. The van der Waals surface area contributed by atoms with Crippen LogP contribution < -0.4 is 10.6 Å². The Bertz CT molecular complexity index is 748. The van der Waals surface area contributed by atoms with E-state index in [0.29, 0.717) is 17.3 Å². The van der Waals surface area contributed by atoms with Crippen molar-refractivity contribution in [2.24, 2.45) is 0 Å². The molecular formula is C18H18F2N2O2. The summed E-state index contributed by atoms with van der Waals surface area (Å²) in [5, 5.41) is 15.7. The summed E-state index contributed by atoms with van der Waals surface area (Å²) in [6, 6.07) is 10.2. The van der Waals surface area contributed by atoms with Crippen molar-refractivity contribution in [2.75, 3.05) is 10.6 Å². The molecule has 1 aliphatic carbocycles. The molecule has 1 atom stereocenters. The predicted octanol–water partition coefficient (Wildman–Crippen LogP) is 3.60. The number of carbonyl (C=O) groups excluding carboxylic acids is 1. The van der Waals surface area contributed by atoms with Gasteiger partial charge in [-0.25, -0.2) is 8.78 Å². The third-order valence-corrected chi connectivity index (χ3v) is 3.83. The molecule has 0 heterocycles. The van der Waals surface area contributed by atoms with Crippen LogP contribution in [-0.2, 0) is 4.79 Å². The van der Waals surface area contributed by atoms with Gasteiger partial charge in [0.05, 0.1) is 18.2 Å². The molecule has 3 N–H and O–H groups in total. The Morgan fingerprint density at radius 2 is 1.96 bits per heavy atom. The van der Waals surface area contributed by atoms with E-state index in [0.717, 1.165) is 12.8 Å². The normalized spacial score (nSPS) is 15.0. The molecule has 1 unspecified atom stereocenters. The Labute approximate surface area is 138 Å². The van der Waals surface area contributed by atoms with Crippen LogP contribution in [0.2, 0.25) is 0 Å². The van der Waals surface area contributed by atoms with Gasteiger partial charge in [-0.05, 0) is 42.7 Å². The molecule has 0 spiro atoms. The van der Waals surface area contributed by atoms with Gasteiger partial charge >= 0.3 is 0 Å². The standard InChI is InChI=1S/C18H18F2N2O2/c19-12-4-1-3-11(9-12)16(23)10-17(24)22-18-14(20)5-2-6-15(18)21-13-7-8-13/h1-6,9,13,16,21,23H,7-8,10H2,(H,22,24). The zero-order chi connectivity index (χ0) is 17.1. The summed E-state index contributed by atoms with van der Waals surface area (Å²) in [4.78, 5) is 12.1. The van der Waals surface area contributed by atoms with Gasteiger partial charge in [-0.2, -0.15) is 0 Å². The number of anilines is 2. The van der Waals surface area contributed by atoms with Crippen molar-refractivity contribution in [2.45, 2.75) is 31.4 Å². The number of carbonyl (C=O) groups is 1. The molecule has 3 rings (SSSR count). The van der Waals surface area contributed by atoms with Crippen molar-refractivity contribution in [3.05, 3.63) is 59.7 Å². The van der Waals surface area contributed by atoms with Crippen molar-refractivity contribution in [1.82, 2.24) is 0 Å². The van der Waals surface area contributed by atoms with E-state index in [1.807, 2.05) is 0 Å². The second-order valence-corrected chi connectivity index (χ2v) is 5.90. The van der Waals surface area contributed by atoms with Gasteiger partial charge in [0.2, 0.25) is 5.91 Å². The number of para-hydroxylation sites is 1. The molecule has 1 aliphatic rings. The molecule has 24 heavy (non-hydrogen) atoms. The molecule has 1 saturated carbocycles. The van der Waals surface area contributed by atoms with E-state index in [9.17, 15) is 18.7 Å². The molecule has 0 radical (unpaired) electrons. The minimum atomic E-state index is -1.16. The van der Waals surface area contributed by atoms with E-state index in [1.54, 1.807) is 12.1 Å². The van der Waals surface area contributed by atoms with Crippen LogP contribution in [0.5, 0.6) is 0 Å². The molecule has 0 aromatic heterocycles. The van der Waals surface area contributed by atoms with Gasteiger partial charge in [0.1, 0.15) is 17.3 Å². The number of hydrogen-bond acceptors (Lipinski definition) is 3. The van der Waals surface area contributed by atoms with Crippen LogP contribution in [0, 0.1) is 11.6 Å². The van der Waals surface area contributed by atoms with E-state index >= 15 is 0 Å². The van der Waals surface area contributed by atoms with Crippen LogP contribution in [0.4, 0.5) is 20.2 Å². The van der Waals surface area contributed by atoms with Crippen molar-refractivity contribution in [3.63, 3.8) is 0 Å². The van der Waals surface area contributed by atoms with Gasteiger partial charge < -0.3 is 15.7 Å². The van der Waals surface area contributed by atoms with Gasteiger partial charge in [-0.15, -0.1) is 0 Å². The molecule has 1 fully saturated rings. The first kappa shape index (κ1) is 16.4. The van der Waals surface area contributed by atoms with Crippen molar-refractivity contribution >= 4 is 17.3 Å². The Morgan fingerprint density at radius 3 is 2.67 bits per heavy atom. The van der Waals surface area contributed by atoms with Gasteiger partial charge in [-0.3, -0.25) is 4.79 Å². The summed E-state index contributed by atoms with van der Waals surface area (Å²) >= 11 is 0. The highest BCUT2D eigenvalue weighted by Crippen LogP contribution is 2.31. The van der Waals surface area contributed by atoms with Crippen LogP contribution in [-0.4, -0.2) is 17.1 Å². The Balaban J connectivity index is 1.68. The summed E-state index contributed by atoms with van der Waals surface area (Å²) in [6.45, 7) is 0. The van der Waals surface area contributed by atoms with Crippen LogP contribution >= 0.6 is 0 Å². The Hall–Kier alpha value is -2.47. The lowest BCUT2D eigenvalue weighted by molar-refractivity contribution is -0.118. The van der Waals surface area contributed by atoms with Crippen molar-refractivity contribution in [1.29, 1.82) is 0 Å². The first-order valence-electron chi connectivity index (χ1n) is 7.81. The summed E-state index contributed by atoms with van der Waals surface area (Å²) in [6.07, 6.45) is 0.581. The highest BCUT2D eigenvalue weighted by atomic mass is 19.1. The van der Waals surface area contributed by atoms with Crippen LogP contribution in [0.3, 0.4) is 0 Å². The van der Waals surface area contributed by atoms with E-state index in [-0.39, 0.29) is 12.1 Å². The number of rotatable bonds is 6. The molecule has 2 aromatic rings. The van der Waals surface area contributed by atoms with Gasteiger partial charge in [-0.1, -0.05) is 18.2 Å². The number of aliphatic hydroxyl groups is 1. The quantitative estimate of drug-likeness (QED) is 0.757. The fraction of sp³-hybridized carbons (Fsp3) is 0.278. The maximum atomic E-state index is 14.0. The van der Waals surface area contributed by atoms with Gasteiger partial charge in [0.25, 0.3) is 0 Å². The fourth-order valence-corrected chi connectivity index (χ4v) is 2.42. The Kier molecular flexibility index (Phi) is 4.76. The lowest BCUT2D eigenvalue weighted by atomic mass is 10.1. The smallest absolute Gasteiger partial charge is 0.227 e. The molecule has 0 bridgehead atoms. The maximum Gasteiger partial charge on any atom is 0.227 e. The fourth-order valence-electron chi connectivity index (χ4n) is 2.42. The summed E-state index contributed by atoms with van der Waals surface area (Å²) in [5.74, 6) is -1.58. The first-order valence-corrected chi connectivity index (χ1v) is 7.81. The zero-order valence-electron chi connectivity index (χ0n) is 12.9.